The summed E-state index contributed by atoms with van der Waals surface area (Å²) >= 11 is 0. The van der Waals surface area contributed by atoms with Crippen LogP contribution in [0.5, 0.6) is 11.5 Å². The molecule has 2 aromatic heterocycles. The maximum absolute atomic E-state index is 5.28. The van der Waals surface area contributed by atoms with Gasteiger partial charge in [0.25, 0.3) is 5.89 Å². The molecule has 7 nitrogen and oxygen atoms in total. The van der Waals surface area contributed by atoms with Gasteiger partial charge in [-0.15, -0.1) is 0 Å². The van der Waals surface area contributed by atoms with Crippen molar-refractivity contribution in [2.75, 3.05) is 14.2 Å². The molecular formula is C14H14N4O3. The molecule has 108 valence electrons. The highest BCUT2D eigenvalue weighted by atomic mass is 16.5. The minimum absolute atomic E-state index is 0.419. The Morgan fingerprint density at radius 3 is 2.71 bits per heavy atom. The van der Waals surface area contributed by atoms with Crippen LogP contribution < -0.4 is 9.47 Å². The maximum atomic E-state index is 5.28. The zero-order valence-electron chi connectivity index (χ0n) is 11.7. The van der Waals surface area contributed by atoms with Crippen LogP contribution in [0.2, 0.25) is 0 Å². The van der Waals surface area contributed by atoms with Crippen molar-refractivity contribution < 1.29 is 14.0 Å². The van der Waals surface area contributed by atoms with Crippen molar-refractivity contribution in [1.29, 1.82) is 0 Å². The van der Waals surface area contributed by atoms with E-state index in [1.165, 1.54) is 0 Å². The molecule has 21 heavy (non-hydrogen) atoms. The molecule has 0 fully saturated rings. The molecule has 0 saturated heterocycles. The van der Waals surface area contributed by atoms with E-state index in [0.717, 1.165) is 5.56 Å². The average molecular weight is 286 g/mol. The van der Waals surface area contributed by atoms with E-state index in [4.69, 9.17) is 14.0 Å². The quantitative estimate of drug-likeness (QED) is 0.772. The van der Waals surface area contributed by atoms with E-state index < -0.39 is 0 Å². The second-order valence-electron chi connectivity index (χ2n) is 4.35. The molecule has 7 heteroatoms. The van der Waals surface area contributed by atoms with Gasteiger partial charge in [0.2, 0.25) is 0 Å². The van der Waals surface area contributed by atoms with Gasteiger partial charge in [0.15, 0.2) is 17.3 Å². The molecule has 0 radical (unpaired) electrons. The number of benzene rings is 1. The zero-order chi connectivity index (χ0) is 14.7. The summed E-state index contributed by atoms with van der Waals surface area (Å²) in [6.07, 6.45) is 2.17. The number of nitrogens with zero attached hydrogens (tertiary/aromatic N) is 3. The first-order valence-electron chi connectivity index (χ1n) is 6.33. The monoisotopic (exact) mass is 286 g/mol. The van der Waals surface area contributed by atoms with Gasteiger partial charge in [0.1, 0.15) is 5.69 Å². The Hall–Kier alpha value is -2.83. The van der Waals surface area contributed by atoms with Crippen molar-refractivity contribution in [1.82, 2.24) is 20.3 Å². The molecule has 0 atom stereocenters. The Morgan fingerprint density at radius 2 is 2.00 bits per heavy atom. The van der Waals surface area contributed by atoms with Gasteiger partial charge in [0, 0.05) is 12.6 Å². The summed E-state index contributed by atoms with van der Waals surface area (Å²) in [6, 6.07) is 7.45. The van der Waals surface area contributed by atoms with Crippen LogP contribution in [0.1, 0.15) is 11.4 Å². The lowest BCUT2D eigenvalue weighted by atomic mass is 10.1. The van der Waals surface area contributed by atoms with E-state index in [1.54, 1.807) is 26.5 Å². The number of hydrogen-bond acceptors (Lipinski definition) is 6. The van der Waals surface area contributed by atoms with Crippen molar-refractivity contribution in [3.05, 3.63) is 41.9 Å². The van der Waals surface area contributed by atoms with Gasteiger partial charge in [-0.25, -0.2) is 0 Å². The van der Waals surface area contributed by atoms with Crippen LogP contribution in [0, 0.1) is 0 Å². The Balaban J connectivity index is 1.81. The molecule has 1 N–H and O–H groups in total. The van der Waals surface area contributed by atoms with Gasteiger partial charge < -0.3 is 14.0 Å². The summed E-state index contributed by atoms with van der Waals surface area (Å²) < 4.78 is 15.7. The first-order valence-corrected chi connectivity index (χ1v) is 6.33. The Kier molecular flexibility index (Phi) is 3.55. The lowest BCUT2D eigenvalue weighted by Crippen LogP contribution is -1.95. The summed E-state index contributed by atoms with van der Waals surface area (Å²) in [6.45, 7) is 0. The molecule has 0 unspecified atom stereocenters. The maximum Gasteiger partial charge on any atom is 0.275 e. The molecule has 0 bridgehead atoms. The predicted octanol–water partition coefficient (Wildman–Crippen LogP) is 2.07. The first-order chi connectivity index (χ1) is 10.3. The molecule has 1 aromatic carbocycles. The molecule has 2 heterocycles. The van der Waals surface area contributed by atoms with Crippen LogP contribution >= 0.6 is 0 Å². The molecule has 3 rings (SSSR count). The lowest BCUT2D eigenvalue weighted by molar-refractivity contribution is 0.354. The number of H-pyrrole nitrogens is 1. The third-order valence-electron chi connectivity index (χ3n) is 3.01. The highest BCUT2D eigenvalue weighted by Crippen LogP contribution is 2.28. The Bertz CT molecular complexity index is 722. The van der Waals surface area contributed by atoms with Gasteiger partial charge >= 0.3 is 0 Å². The van der Waals surface area contributed by atoms with Crippen LogP contribution in [0.15, 0.2) is 35.0 Å². The SMILES string of the molecule is COc1ccc(Cc2noc(-c3ccn[nH]3)n2)cc1OC. The largest absolute Gasteiger partial charge is 0.493 e. The van der Waals surface area contributed by atoms with Gasteiger partial charge in [-0.2, -0.15) is 10.1 Å². The molecule has 0 aliphatic heterocycles. The van der Waals surface area contributed by atoms with E-state index in [0.29, 0.717) is 35.3 Å². The fourth-order valence-electron chi connectivity index (χ4n) is 1.98. The van der Waals surface area contributed by atoms with Gasteiger partial charge in [-0.05, 0) is 23.8 Å². The third kappa shape index (κ3) is 2.71. The molecule has 0 aliphatic rings. The van der Waals surface area contributed by atoms with Gasteiger partial charge in [-0.3, -0.25) is 5.10 Å². The van der Waals surface area contributed by atoms with Crippen molar-refractivity contribution in [3.63, 3.8) is 0 Å². The van der Waals surface area contributed by atoms with Crippen molar-refractivity contribution in [2.24, 2.45) is 0 Å². The van der Waals surface area contributed by atoms with Gasteiger partial charge in [0.05, 0.1) is 14.2 Å². The van der Waals surface area contributed by atoms with Crippen molar-refractivity contribution in [2.45, 2.75) is 6.42 Å². The summed E-state index contributed by atoms with van der Waals surface area (Å²) in [5.41, 5.74) is 1.70. The van der Waals surface area contributed by atoms with E-state index in [2.05, 4.69) is 20.3 Å². The highest BCUT2D eigenvalue weighted by Gasteiger charge is 2.11. The summed E-state index contributed by atoms with van der Waals surface area (Å²) in [4.78, 5) is 4.32. The molecule has 0 aliphatic carbocycles. The van der Waals surface area contributed by atoms with Gasteiger partial charge in [-0.1, -0.05) is 11.2 Å². The second-order valence-corrected chi connectivity index (χ2v) is 4.35. The number of rotatable bonds is 5. The Morgan fingerprint density at radius 1 is 1.14 bits per heavy atom. The molecule has 0 saturated carbocycles. The van der Waals surface area contributed by atoms with Crippen LogP contribution in [0.25, 0.3) is 11.6 Å². The van der Waals surface area contributed by atoms with E-state index in [9.17, 15) is 0 Å². The fraction of sp³-hybridized carbons (Fsp3) is 0.214. The number of nitrogens with one attached hydrogen (secondary N) is 1. The zero-order valence-corrected chi connectivity index (χ0v) is 11.7. The molecular weight excluding hydrogens is 272 g/mol. The summed E-state index contributed by atoms with van der Waals surface area (Å²) in [5, 5.41) is 10.6. The smallest absolute Gasteiger partial charge is 0.275 e. The van der Waals surface area contributed by atoms with Crippen LogP contribution in [-0.2, 0) is 6.42 Å². The standard InChI is InChI=1S/C14H14N4O3/c1-19-11-4-3-9(7-12(11)20-2)8-13-16-14(21-18-13)10-5-6-15-17-10/h3-7H,8H2,1-2H3,(H,15,17). The number of hydrogen-bond donors (Lipinski definition) is 1. The normalized spacial score (nSPS) is 10.6. The minimum atomic E-state index is 0.419. The Labute approximate surface area is 120 Å². The van der Waals surface area contributed by atoms with Crippen molar-refractivity contribution >= 4 is 0 Å². The second kappa shape index (κ2) is 5.66. The molecule has 0 spiro atoms. The highest BCUT2D eigenvalue weighted by molar-refractivity contribution is 5.46. The van der Waals surface area contributed by atoms with Crippen molar-refractivity contribution in [3.8, 4) is 23.1 Å². The van der Waals surface area contributed by atoms with Crippen LogP contribution in [-0.4, -0.2) is 34.6 Å². The minimum Gasteiger partial charge on any atom is -0.493 e. The summed E-state index contributed by atoms with van der Waals surface area (Å²) in [7, 11) is 3.21. The van der Waals surface area contributed by atoms with E-state index in [-0.39, 0.29) is 0 Å². The topological polar surface area (TPSA) is 86.1 Å². The number of aromatic nitrogens is 4. The fourth-order valence-corrected chi connectivity index (χ4v) is 1.98. The lowest BCUT2D eigenvalue weighted by Gasteiger charge is -2.08. The average Bonchev–Trinajstić information content (AvgIpc) is 3.17. The third-order valence-corrected chi connectivity index (χ3v) is 3.01. The van der Waals surface area contributed by atoms with E-state index in [1.807, 2.05) is 18.2 Å². The number of aromatic amines is 1. The predicted molar refractivity (Wildman–Crippen MR) is 74.2 cm³/mol. The van der Waals surface area contributed by atoms with E-state index >= 15 is 0 Å². The first kappa shape index (κ1) is 13.2. The number of ether oxygens (including phenoxy) is 2. The van der Waals surface area contributed by atoms with Crippen LogP contribution in [0.4, 0.5) is 0 Å². The molecule has 0 amide bonds. The summed E-state index contributed by atoms with van der Waals surface area (Å²) in [5.74, 6) is 2.37. The number of methoxy groups -OCH3 is 2. The van der Waals surface area contributed by atoms with Crippen LogP contribution in [0.3, 0.4) is 0 Å². The molecule has 3 aromatic rings.